The number of nitrogens with one attached hydrogen (secondary N) is 1. The number of hydrogen-bond donors (Lipinski definition) is 15. The molecule has 0 aliphatic carbocycles. The number of carbonyl (C=O) groups excluding carboxylic acids is 2. The van der Waals surface area contributed by atoms with Gasteiger partial charge in [-0.25, -0.2) is 0 Å². The molecule has 25 nitrogen and oxygen atoms in total. The van der Waals surface area contributed by atoms with Crippen LogP contribution in [0.4, 0.5) is 0 Å². The number of aliphatic hydroxyl groups excluding tert-OH is 14. The molecule has 326 valence electrons. The van der Waals surface area contributed by atoms with Crippen LogP contribution in [-0.4, -0.2) is 251 Å². The van der Waals surface area contributed by atoms with Gasteiger partial charge in [-0.15, -0.1) is 0 Å². The highest BCUT2D eigenvalue weighted by Crippen LogP contribution is 2.35. The molecule has 0 aromatic heterocycles. The van der Waals surface area contributed by atoms with Gasteiger partial charge in [0, 0.05) is 6.92 Å². The van der Waals surface area contributed by atoms with E-state index in [2.05, 4.69) is 5.32 Å². The third kappa shape index (κ3) is 10.2. The van der Waals surface area contributed by atoms with Crippen LogP contribution in [0.5, 0.6) is 0 Å². The average molecular weight is 824 g/mol. The molecule has 4 rings (SSSR count). The number of carbonyl (C=O) groups is 2. The van der Waals surface area contributed by atoms with Crippen molar-refractivity contribution >= 4 is 12.2 Å². The van der Waals surface area contributed by atoms with E-state index in [1.165, 1.54) is 6.92 Å². The van der Waals surface area contributed by atoms with Gasteiger partial charge in [-0.05, 0) is 6.92 Å². The van der Waals surface area contributed by atoms with Crippen LogP contribution < -0.4 is 5.32 Å². The molecule has 4 saturated heterocycles. The Labute approximate surface area is 318 Å². The summed E-state index contributed by atoms with van der Waals surface area (Å²) < 4.78 is 45.2. The van der Waals surface area contributed by atoms with Crippen molar-refractivity contribution in [1.82, 2.24) is 5.32 Å². The molecule has 0 radical (unpaired) electrons. The maximum atomic E-state index is 12.5. The number of rotatable bonds is 16. The molecule has 1 amide bonds. The quantitative estimate of drug-likeness (QED) is 0.0643. The molecular weight excluding hydrogens is 770 g/mol. The molecule has 56 heavy (non-hydrogen) atoms. The van der Waals surface area contributed by atoms with Crippen molar-refractivity contribution in [2.45, 2.75) is 155 Å². The third-order valence-electron chi connectivity index (χ3n) is 9.89. The highest BCUT2D eigenvalue weighted by Gasteiger charge is 2.56. The molecule has 4 heterocycles. The van der Waals surface area contributed by atoms with Gasteiger partial charge in [-0.3, -0.25) is 4.79 Å². The van der Waals surface area contributed by atoms with E-state index >= 15 is 0 Å². The summed E-state index contributed by atoms with van der Waals surface area (Å²) in [7, 11) is 0. The van der Waals surface area contributed by atoms with E-state index < -0.39 is 173 Å². The van der Waals surface area contributed by atoms with Crippen molar-refractivity contribution in [3.8, 4) is 0 Å². The minimum atomic E-state index is -2.14. The van der Waals surface area contributed by atoms with Crippen LogP contribution in [0.15, 0.2) is 0 Å². The lowest BCUT2D eigenvalue weighted by molar-refractivity contribution is -0.387. The topological polar surface area (TPSA) is 403 Å². The van der Waals surface area contributed by atoms with E-state index in [1.54, 1.807) is 0 Å². The minimum absolute atomic E-state index is 0.0495. The lowest BCUT2D eigenvalue weighted by atomic mass is 9.94. The molecule has 0 saturated carbocycles. The van der Waals surface area contributed by atoms with E-state index in [0.717, 1.165) is 6.92 Å². The van der Waals surface area contributed by atoms with Gasteiger partial charge in [-0.1, -0.05) is 0 Å². The lowest BCUT2D eigenvalue weighted by Crippen LogP contribution is -2.70. The Morgan fingerprint density at radius 1 is 0.625 bits per heavy atom. The predicted molar refractivity (Wildman–Crippen MR) is 172 cm³/mol. The monoisotopic (exact) mass is 823 g/mol. The van der Waals surface area contributed by atoms with Crippen LogP contribution in [-0.2, 0) is 47.5 Å². The first kappa shape index (κ1) is 46.9. The molecule has 4 aliphatic heterocycles. The zero-order valence-corrected chi connectivity index (χ0v) is 30.0. The molecule has 4 fully saturated rings. The molecule has 20 unspecified atom stereocenters. The molecule has 15 N–H and O–H groups in total. The Morgan fingerprint density at radius 2 is 1.14 bits per heavy atom. The minimum Gasteiger partial charge on any atom is -0.394 e. The number of aldehydes is 1. The van der Waals surface area contributed by atoms with Crippen LogP contribution in [0.3, 0.4) is 0 Å². The highest BCUT2D eigenvalue weighted by molar-refractivity contribution is 5.73. The lowest BCUT2D eigenvalue weighted by Gasteiger charge is -2.50. The van der Waals surface area contributed by atoms with Gasteiger partial charge in [0.15, 0.2) is 31.4 Å². The Morgan fingerprint density at radius 3 is 1.70 bits per heavy atom. The second-order valence-corrected chi connectivity index (χ2v) is 13.8. The molecule has 0 spiro atoms. The highest BCUT2D eigenvalue weighted by atomic mass is 16.8. The number of amides is 1. The molecule has 0 aromatic carbocycles. The number of ether oxygens (including phenoxy) is 8. The first-order valence-corrected chi connectivity index (χ1v) is 17.6. The van der Waals surface area contributed by atoms with Crippen LogP contribution in [0.25, 0.3) is 0 Å². The summed E-state index contributed by atoms with van der Waals surface area (Å²) in [5, 5.41) is 148. The standard InChI is InChI=1S/C31H53NO24/c1-8-16(41)20(45)22(47)29(49-8)56-27-21(46)17(42)12(5-35)52-31(27)54-25-15(32-9(2)38)28(50-13(6-36)18(25)43)55-26-19(44)14(7-37)51-30(23(26)48)53-24(10(39)3-33)11(40)4-34/h3,8,10-31,34-37,39-48H,4-7H2,1-2H3,(H,32,38)/t8?,10-,11-,12?,13?,14?,15?,16?,17?,18?,19?,20?,21?,22?,23?,24+,25?,26?,27?,28?,29?,30?,31?/m1/s1. The van der Waals surface area contributed by atoms with Crippen LogP contribution >= 0.6 is 0 Å². The fraction of sp³-hybridized carbons (Fsp3) is 0.935. The van der Waals surface area contributed by atoms with Crippen LogP contribution in [0.2, 0.25) is 0 Å². The molecular formula is C31H53NO24. The third-order valence-corrected chi connectivity index (χ3v) is 9.89. The zero-order chi connectivity index (χ0) is 41.8. The van der Waals surface area contributed by atoms with Gasteiger partial charge in [0.1, 0.15) is 110 Å². The van der Waals surface area contributed by atoms with Gasteiger partial charge < -0.3 is 119 Å². The summed E-state index contributed by atoms with van der Waals surface area (Å²) in [6.07, 6.45) is -40.6. The fourth-order valence-electron chi connectivity index (χ4n) is 6.70. The van der Waals surface area contributed by atoms with Gasteiger partial charge in [-0.2, -0.15) is 0 Å². The predicted octanol–water partition coefficient (Wildman–Crippen LogP) is -10.3. The second-order valence-electron chi connectivity index (χ2n) is 13.8. The normalized spacial score (nSPS) is 46.4. The van der Waals surface area contributed by atoms with Crippen molar-refractivity contribution in [1.29, 1.82) is 0 Å². The van der Waals surface area contributed by atoms with Gasteiger partial charge in [0.05, 0.1) is 32.5 Å². The van der Waals surface area contributed by atoms with Crippen LogP contribution in [0, 0.1) is 0 Å². The second kappa shape index (κ2) is 20.5. The van der Waals surface area contributed by atoms with Crippen molar-refractivity contribution < 1.29 is 119 Å². The zero-order valence-electron chi connectivity index (χ0n) is 30.0. The number of hydrogen-bond acceptors (Lipinski definition) is 24. The Kier molecular flexibility index (Phi) is 17.2. The van der Waals surface area contributed by atoms with E-state index in [9.17, 15) is 81.1 Å². The van der Waals surface area contributed by atoms with Crippen molar-refractivity contribution in [3.63, 3.8) is 0 Å². The first-order valence-electron chi connectivity index (χ1n) is 17.6. The largest absolute Gasteiger partial charge is 0.394 e. The van der Waals surface area contributed by atoms with Gasteiger partial charge in [0.25, 0.3) is 0 Å². The summed E-state index contributed by atoms with van der Waals surface area (Å²) >= 11 is 0. The Hall–Kier alpha value is -1.74. The summed E-state index contributed by atoms with van der Waals surface area (Å²) in [6.45, 7) is -1.55. The summed E-state index contributed by atoms with van der Waals surface area (Å²) in [6, 6.07) is -1.73. The smallest absolute Gasteiger partial charge is 0.217 e. The van der Waals surface area contributed by atoms with Gasteiger partial charge in [0.2, 0.25) is 5.91 Å². The summed E-state index contributed by atoms with van der Waals surface area (Å²) in [5.74, 6) is -0.831. The summed E-state index contributed by atoms with van der Waals surface area (Å²) in [4.78, 5) is 23.8. The Bertz CT molecular complexity index is 1240. The van der Waals surface area contributed by atoms with Crippen LogP contribution in [0.1, 0.15) is 13.8 Å². The van der Waals surface area contributed by atoms with Crippen molar-refractivity contribution in [2.75, 3.05) is 26.4 Å². The molecule has 0 bridgehead atoms. The van der Waals surface area contributed by atoms with E-state index in [-0.39, 0.29) is 6.29 Å². The van der Waals surface area contributed by atoms with Crippen molar-refractivity contribution in [3.05, 3.63) is 0 Å². The molecule has 25 heteroatoms. The average Bonchev–Trinajstić information content (AvgIpc) is 3.17. The van der Waals surface area contributed by atoms with E-state index in [0.29, 0.717) is 0 Å². The number of aliphatic hydroxyl groups is 14. The summed E-state index contributed by atoms with van der Waals surface area (Å²) in [5.41, 5.74) is 0. The fourth-order valence-corrected chi connectivity index (χ4v) is 6.70. The first-order chi connectivity index (χ1) is 26.4. The maximum absolute atomic E-state index is 12.5. The van der Waals surface area contributed by atoms with E-state index in [4.69, 9.17) is 37.9 Å². The Balaban J connectivity index is 1.67. The van der Waals surface area contributed by atoms with E-state index in [1.807, 2.05) is 0 Å². The molecule has 4 aliphatic rings. The molecule has 0 aromatic rings. The molecule has 23 atom stereocenters. The van der Waals surface area contributed by atoms with Gasteiger partial charge >= 0.3 is 0 Å². The maximum Gasteiger partial charge on any atom is 0.217 e. The van der Waals surface area contributed by atoms with Crippen molar-refractivity contribution in [2.24, 2.45) is 0 Å². The SMILES string of the molecule is CC(=O)NC1C(OC2C(O)C(CO)OC(O[C@@H]([C@H](O)C=O)[C@H](O)CO)C2O)OC(CO)C(O)C1OC1OC(CO)C(O)C(O)C1OC1OC(C)C(O)C(O)C1O.